The predicted molar refractivity (Wildman–Crippen MR) is 53.5 cm³/mol. The van der Waals surface area contributed by atoms with E-state index in [1.807, 2.05) is 34.6 Å². The quantitative estimate of drug-likeness (QED) is 0.629. The van der Waals surface area contributed by atoms with E-state index in [2.05, 4.69) is 0 Å². The van der Waals surface area contributed by atoms with Crippen LogP contribution in [0, 0.1) is 11.3 Å². The van der Waals surface area contributed by atoms with Crippen LogP contribution < -0.4 is 0 Å². The lowest BCUT2D eigenvalue weighted by molar-refractivity contribution is -0.133. The minimum Gasteiger partial charge on any atom is -0.299 e. The van der Waals surface area contributed by atoms with Gasteiger partial charge in [-0.05, 0) is 6.42 Å². The lowest BCUT2D eigenvalue weighted by Crippen LogP contribution is -2.25. The van der Waals surface area contributed by atoms with Crippen molar-refractivity contribution in [3.8, 4) is 0 Å². The molecule has 1 atom stereocenters. The molecule has 76 valence electrons. The highest BCUT2D eigenvalue weighted by atomic mass is 16.1. The fourth-order valence-electron chi connectivity index (χ4n) is 0.825. The molecular weight excluding hydrogens is 164 g/mol. The molecule has 0 spiro atoms. The Labute approximate surface area is 80.7 Å². The molecule has 0 N–H and O–H groups in total. The van der Waals surface area contributed by atoms with Gasteiger partial charge >= 0.3 is 0 Å². The zero-order valence-corrected chi connectivity index (χ0v) is 9.31. The average Bonchev–Trinajstić information content (AvgIpc) is 2.01. The molecule has 2 heteroatoms. The van der Waals surface area contributed by atoms with E-state index in [0.29, 0.717) is 0 Å². The largest absolute Gasteiger partial charge is 0.299 e. The SMILES string of the molecule is CC[C@H](C)C(=O)CC(=O)C(C)(C)C. The average molecular weight is 184 g/mol. The third-order valence-electron chi connectivity index (χ3n) is 2.33. The van der Waals surface area contributed by atoms with Crippen LogP contribution in [0.4, 0.5) is 0 Å². The summed E-state index contributed by atoms with van der Waals surface area (Å²) >= 11 is 0. The number of carbonyl (C=O) groups is 2. The Bertz CT molecular complexity index is 199. The molecule has 0 amide bonds. The fraction of sp³-hybridized carbons (Fsp3) is 0.818. The first-order chi connectivity index (χ1) is 5.79. The number of hydrogen-bond donors (Lipinski definition) is 0. The van der Waals surface area contributed by atoms with E-state index >= 15 is 0 Å². The zero-order chi connectivity index (χ0) is 10.6. The molecule has 2 nitrogen and oxygen atoms in total. The van der Waals surface area contributed by atoms with Gasteiger partial charge in [-0.25, -0.2) is 0 Å². The molecule has 0 radical (unpaired) electrons. The van der Waals surface area contributed by atoms with Crippen LogP contribution >= 0.6 is 0 Å². The van der Waals surface area contributed by atoms with E-state index in [9.17, 15) is 9.59 Å². The number of hydrogen-bond acceptors (Lipinski definition) is 2. The molecule has 13 heavy (non-hydrogen) atoms. The molecule has 0 aromatic rings. The van der Waals surface area contributed by atoms with Crippen molar-refractivity contribution in [1.82, 2.24) is 0 Å². The second-order valence-corrected chi connectivity index (χ2v) is 4.63. The van der Waals surface area contributed by atoms with Gasteiger partial charge in [-0.1, -0.05) is 34.6 Å². The van der Waals surface area contributed by atoms with E-state index in [0.717, 1.165) is 6.42 Å². The summed E-state index contributed by atoms with van der Waals surface area (Å²) in [7, 11) is 0. The summed E-state index contributed by atoms with van der Waals surface area (Å²) in [6, 6.07) is 0. The lowest BCUT2D eigenvalue weighted by atomic mass is 9.86. The first kappa shape index (κ1) is 12.3. The minimum absolute atomic E-state index is 0.0197. The third-order valence-corrected chi connectivity index (χ3v) is 2.33. The maximum absolute atomic E-state index is 11.5. The van der Waals surface area contributed by atoms with Crippen molar-refractivity contribution in [3.63, 3.8) is 0 Å². The van der Waals surface area contributed by atoms with Gasteiger partial charge in [0.25, 0.3) is 0 Å². The zero-order valence-electron chi connectivity index (χ0n) is 9.31. The molecule has 0 saturated heterocycles. The Morgan fingerprint density at radius 1 is 1.23 bits per heavy atom. The van der Waals surface area contributed by atoms with Crippen molar-refractivity contribution in [3.05, 3.63) is 0 Å². The van der Waals surface area contributed by atoms with Crippen molar-refractivity contribution in [2.75, 3.05) is 0 Å². The Morgan fingerprint density at radius 3 is 2.00 bits per heavy atom. The van der Waals surface area contributed by atoms with Gasteiger partial charge in [-0.2, -0.15) is 0 Å². The van der Waals surface area contributed by atoms with Crippen LogP contribution in [0.5, 0.6) is 0 Å². The second-order valence-electron chi connectivity index (χ2n) is 4.63. The van der Waals surface area contributed by atoms with Gasteiger partial charge < -0.3 is 0 Å². The highest BCUT2D eigenvalue weighted by Gasteiger charge is 2.24. The molecule has 0 aliphatic heterocycles. The summed E-state index contributed by atoms with van der Waals surface area (Å²) < 4.78 is 0. The second kappa shape index (κ2) is 4.54. The molecule has 0 heterocycles. The molecule has 0 aromatic heterocycles. The van der Waals surface area contributed by atoms with Gasteiger partial charge in [0.2, 0.25) is 0 Å². The normalized spacial score (nSPS) is 13.9. The van der Waals surface area contributed by atoms with E-state index in [4.69, 9.17) is 0 Å². The van der Waals surface area contributed by atoms with E-state index in [-0.39, 0.29) is 29.3 Å². The topological polar surface area (TPSA) is 34.1 Å². The fourth-order valence-corrected chi connectivity index (χ4v) is 0.825. The van der Waals surface area contributed by atoms with Crippen LogP contribution in [-0.4, -0.2) is 11.6 Å². The Kier molecular flexibility index (Phi) is 4.31. The Morgan fingerprint density at radius 2 is 1.69 bits per heavy atom. The molecule has 0 saturated carbocycles. The smallest absolute Gasteiger partial charge is 0.145 e. The highest BCUT2D eigenvalue weighted by Crippen LogP contribution is 2.18. The van der Waals surface area contributed by atoms with Crippen LogP contribution in [0.3, 0.4) is 0 Å². The molecule has 0 aliphatic carbocycles. The Hall–Kier alpha value is -0.660. The van der Waals surface area contributed by atoms with E-state index in [1.54, 1.807) is 0 Å². The van der Waals surface area contributed by atoms with Crippen molar-refractivity contribution >= 4 is 11.6 Å². The molecule has 0 bridgehead atoms. The summed E-state index contributed by atoms with van der Waals surface area (Å²) in [5.41, 5.74) is -0.386. The summed E-state index contributed by atoms with van der Waals surface area (Å²) in [6.45, 7) is 9.38. The number of carbonyl (C=O) groups excluding carboxylic acids is 2. The first-order valence-corrected chi connectivity index (χ1v) is 4.85. The highest BCUT2D eigenvalue weighted by molar-refractivity contribution is 6.02. The van der Waals surface area contributed by atoms with Gasteiger partial charge in [0.05, 0.1) is 6.42 Å². The molecule has 0 aliphatic rings. The Balaban J connectivity index is 4.16. The molecule has 0 rings (SSSR count). The van der Waals surface area contributed by atoms with Crippen molar-refractivity contribution < 1.29 is 9.59 Å². The van der Waals surface area contributed by atoms with Gasteiger partial charge in [-0.15, -0.1) is 0 Å². The van der Waals surface area contributed by atoms with Crippen LogP contribution in [-0.2, 0) is 9.59 Å². The maximum Gasteiger partial charge on any atom is 0.145 e. The predicted octanol–water partition coefficient (Wildman–Crippen LogP) is 2.61. The van der Waals surface area contributed by atoms with E-state index in [1.165, 1.54) is 0 Å². The summed E-state index contributed by atoms with van der Waals surface area (Å²) in [4.78, 5) is 22.9. The van der Waals surface area contributed by atoms with Crippen molar-refractivity contribution in [2.45, 2.75) is 47.5 Å². The maximum atomic E-state index is 11.5. The molecule has 0 aromatic carbocycles. The number of Topliss-reactive ketones (excluding diaryl/α,β-unsaturated/α-hetero) is 2. The summed E-state index contributed by atoms with van der Waals surface area (Å²) in [6.07, 6.45) is 0.911. The van der Waals surface area contributed by atoms with Crippen molar-refractivity contribution in [2.24, 2.45) is 11.3 Å². The van der Waals surface area contributed by atoms with Gasteiger partial charge in [0.15, 0.2) is 0 Å². The summed E-state index contributed by atoms with van der Waals surface area (Å²) in [5.74, 6) is 0.131. The molecule has 0 unspecified atom stereocenters. The van der Waals surface area contributed by atoms with Crippen molar-refractivity contribution in [1.29, 1.82) is 0 Å². The third kappa shape index (κ3) is 4.20. The number of ketones is 2. The number of rotatable bonds is 4. The molecule has 0 fully saturated rings. The van der Waals surface area contributed by atoms with Gasteiger partial charge in [0.1, 0.15) is 11.6 Å². The minimum atomic E-state index is -0.386. The first-order valence-electron chi connectivity index (χ1n) is 4.85. The molecular formula is C11H20O2. The van der Waals surface area contributed by atoms with Crippen LogP contribution in [0.2, 0.25) is 0 Å². The van der Waals surface area contributed by atoms with Crippen LogP contribution in [0.25, 0.3) is 0 Å². The monoisotopic (exact) mass is 184 g/mol. The van der Waals surface area contributed by atoms with Gasteiger partial charge in [-0.3, -0.25) is 9.59 Å². The van der Waals surface area contributed by atoms with Crippen LogP contribution in [0.1, 0.15) is 47.5 Å². The lowest BCUT2D eigenvalue weighted by Gasteiger charge is -2.17. The summed E-state index contributed by atoms with van der Waals surface area (Å²) in [5, 5.41) is 0. The van der Waals surface area contributed by atoms with Gasteiger partial charge in [0, 0.05) is 11.3 Å². The van der Waals surface area contributed by atoms with Crippen LogP contribution in [0.15, 0.2) is 0 Å². The van der Waals surface area contributed by atoms with E-state index < -0.39 is 0 Å². The standard InChI is InChI=1S/C11H20O2/c1-6-8(2)9(12)7-10(13)11(3,4)5/h8H,6-7H2,1-5H3/t8-/m0/s1.